The quantitative estimate of drug-likeness (QED) is 0.339. The van der Waals surface area contributed by atoms with E-state index in [4.69, 9.17) is 4.74 Å². The van der Waals surface area contributed by atoms with Crippen LogP contribution in [-0.4, -0.2) is 72.6 Å². The van der Waals surface area contributed by atoms with Crippen molar-refractivity contribution in [2.45, 2.75) is 52.3 Å². The van der Waals surface area contributed by atoms with Crippen LogP contribution < -0.4 is 10.6 Å². The molecule has 150 valence electrons. The summed E-state index contributed by atoms with van der Waals surface area (Å²) in [7, 11) is 1.83. The van der Waals surface area contributed by atoms with Crippen LogP contribution in [0.2, 0.25) is 0 Å². The van der Waals surface area contributed by atoms with E-state index in [2.05, 4.69) is 52.6 Å². The zero-order valence-electron chi connectivity index (χ0n) is 16.6. The number of nitrogens with zero attached hydrogens (tertiary/aromatic N) is 4. The third-order valence-electron chi connectivity index (χ3n) is 4.41. The van der Waals surface area contributed by atoms with Gasteiger partial charge in [0.1, 0.15) is 0 Å². The van der Waals surface area contributed by atoms with Crippen LogP contribution in [0.5, 0.6) is 0 Å². The molecule has 1 saturated heterocycles. The Bertz CT molecular complexity index is 526. The number of halogens is 1. The van der Waals surface area contributed by atoms with Gasteiger partial charge in [-0.15, -0.1) is 24.0 Å². The van der Waals surface area contributed by atoms with Gasteiger partial charge in [-0.2, -0.15) is 5.10 Å². The average molecular weight is 478 g/mol. The standard InChI is InChI=1S/C18H34N6O.HI/c1-15(2)25-12-11-23-8-5-17(6-9-23)22-18(19-4)20-7-10-24-14-16(3)13-21-24;/h13-15,17H,5-12H2,1-4H3,(H2,19,20,22);1H. The molecule has 2 heterocycles. The highest BCUT2D eigenvalue weighted by Crippen LogP contribution is 2.10. The summed E-state index contributed by atoms with van der Waals surface area (Å²) >= 11 is 0. The van der Waals surface area contributed by atoms with Crippen molar-refractivity contribution in [3.63, 3.8) is 0 Å². The summed E-state index contributed by atoms with van der Waals surface area (Å²) in [5.74, 6) is 0.880. The second-order valence-corrected chi connectivity index (χ2v) is 6.96. The van der Waals surface area contributed by atoms with Gasteiger partial charge < -0.3 is 20.3 Å². The number of rotatable bonds is 8. The number of guanidine groups is 1. The van der Waals surface area contributed by atoms with Crippen LogP contribution in [0.3, 0.4) is 0 Å². The minimum Gasteiger partial charge on any atom is -0.377 e. The molecule has 1 aromatic rings. The normalized spacial score (nSPS) is 16.6. The number of ether oxygens (including phenoxy) is 1. The number of aromatic nitrogens is 2. The molecular weight excluding hydrogens is 443 g/mol. The lowest BCUT2D eigenvalue weighted by Gasteiger charge is -2.33. The molecule has 0 radical (unpaired) electrons. The fourth-order valence-electron chi connectivity index (χ4n) is 2.98. The van der Waals surface area contributed by atoms with Gasteiger partial charge in [0, 0.05) is 45.5 Å². The lowest BCUT2D eigenvalue weighted by Crippen LogP contribution is -2.49. The number of likely N-dealkylation sites (tertiary alicyclic amines) is 1. The van der Waals surface area contributed by atoms with E-state index < -0.39 is 0 Å². The first-order valence-electron chi connectivity index (χ1n) is 9.37. The number of aryl methyl sites for hydroxylation is 1. The molecule has 26 heavy (non-hydrogen) atoms. The molecule has 7 nitrogen and oxygen atoms in total. The van der Waals surface area contributed by atoms with Gasteiger partial charge in [0.15, 0.2) is 5.96 Å². The van der Waals surface area contributed by atoms with Crippen molar-refractivity contribution in [1.82, 2.24) is 25.3 Å². The third kappa shape index (κ3) is 8.68. The summed E-state index contributed by atoms with van der Waals surface area (Å²) in [5, 5.41) is 11.2. The molecular formula is C18H35IN6O. The molecule has 2 N–H and O–H groups in total. The summed E-state index contributed by atoms with van der Waals surface area (Å²) < 4.78 is 7.59. The molecule has 0 aromatic carbocycles. The molecule has 2 rings (SSSR count). The Balaban J connectivity index is 0.00000338. The van der Waals surface area contributed by atoms with Crippen LogP contribution in [0.25, 0.3) is 0 Å². The molecule has 1 aliphatic rings. The molecule has 0 spiro atoms. The molecule has 0 amide bonds. The number of hydrogen-bond donors (Lipinski definition) is 2. The predicted octanol–water partition coefficient (Wildman–Crippen LogP) is 1.86. The van der Waals surface area contributed by atoms with Gasteiger partial charge in [-0.05, 0) is 39.2 Å². The Labute approximate surface area is 175 Å². The van der Waals surface area contributed by atoms with Gasteiger partial charge in [-0.25, -0.2) is 0 Å². The molecule has 0 aliphatic carbocycles. The van der Waals surface area contributed by atoms with Crippen LogP contribution in [0, 0.1) is 6.92 Å². The number of hydrogen-bond acceptors (Lipinski definition) is 4. The van der Waals surface area contributed by atoms with Crippen molar-refractivity contribution in [2.75, 3.05) is 39.8 Å². The molecule has 1 fully saturated rings. The monoisotopic (exact) mass is 478 g/mol. The Morgan fingerprint density at radius 1 is 1.35 bits per heavy atom. The van der Waals surface area contributed by atoms with E-state index in [-0.39, 0.29) is 24.0 Å². The number of aliphatic imine (C=N–C) groups is 1. The molecule has 0 bridgehead atoms. The SMILES string of the molecule is CN=C(NCCn1cc(C)cn1)NC1CCN(CCOC(C)C)CC1.I. The van der Waals surface area contributed by atoms with Crippen molar-refractivity contribution < 1.29 is 4.74 Å². The van der Waals surface area contributed by atoms with Gasteiger partial charge in [0.2, 0.25) is 0 Å². The first-order chi connectivity index (χ1) is 12.1. The molecule has 1 aliphatic heterocycles. The highest BCUT2D eigenvalue weighted by molar-refractivity contribution is 14.0. The molecule has 0 unspecified atom stereocenters. The first-order valence-corrected chi connectivity index (χ1v) is 9.37. The van der Waals surface area contributed by atoms with Crippen LogP contribution in [0.15, 0.2) is 17.4 Å². The van der Waals surface area contributed by atoms with E-state index in [1.807, 2.05) is 17.9 Å². The first kappa shape index (κ1) is 23.2. The smallest absolute Gasteiger partial charge is 0.191 e. The predicted molar refractivity (Wildman–Crippen MR) is 117 cm³/mol. The largest absolute Gasteiger partial charge is 0.377 e. The summed E-state index contributed by atoms with van der Waals surface area (Å²) in [5.41, 5.74) is 1.19. The fourth-order valence-corrected chi connectivity index (χ4v) is 2.98. The van der Waals surface area contributed by atoms with E-state index in [0.29, 0.717) is 12.1 Å². The Hall–Kier alpha value is -0.870. The van der Waals surface area contributed by atoms with Gasteiger partial charge in [-0.3, -0.25) is 9.67 Å². The number of piperidine rings is 1. The zero-order chi connectivity index (χ0) is 18.1. The van der Waals surface area contributed by atoms with E-state index in [9.17, 15) is 0 Å². The molecule has 8 heteroatoms. The van der Waals surface area contributed by atoms with Gasteiger partial charge in [0.25, 0.3) is 0 Å². The summed E-state index contributed by atoms with van der Waals surface area (Å²) in [6.07, 6.45) is 6.53. The fraction of sp³-hybridized carbons (Fsp3) is 0.778. The maximum Gasteiger partial charge on any atom is 0.191 e. The van der Waals surface area contributed by atoms with E-state index in [1.54, 1.807) is 0 Å². The third-order valence-corrected chi connectivity index (χ3v) is 4.41. The summed E-state index contributed by atoms with van der Waals surface area (Å²) in [6, 6.07) is 0.486. The highest BCUT2D eigenvalue weighted by Gasteiger charge is 2.19. The van der Waals surface area contributed by atoms with Crippen LogP contribution >= 0.6 is 24.0 Å². The average Bonchev–Trinajstić information content (AvgIpc) is 3.00. The van der Waals surface area contributed by atoms with Crippen molar-refractivity contribution in [2.24, 2.45) is 4.99 Å². The van der Waals surface area contributed by atoms with E-state index >= 15 is 0 Å². The van der Waals surface area contributed by atoms with Crippen molar-refractivity contribution in [1.29, 1.82) is 0 Å². The van der Waals surface area contributed by atoms with Gasteiger partial charge >= 0.3 is 0 Å². The Morgan fingerprint density at radius 2 is 2.08 bits per heavy atom. The summed E-state index contributed by atoms with van der Waals surface area (Å²) in [6.45, 7) is 12.0. The summed E-state index contributed by atoms with van der Waals surface area (Å²) in [4.78, 5) is 6.82. The van der Waals surface area contributed by atoms with Crippen molar-refractivity contribution in [3.05, 3.63) is 18.0 Å². The van der Waals surface area contributed by atoms with Gasteiger partial charge in [0.05, 0.1) is 25.5 Å². The molecule has 1 aromatic heterocycles. The lowest BCUT2D eigenvalue weighted by molar-refractivity contribution is 0.0532. The topological polar surface area (TPSA) is 66.7 Å². The van der Waals surface area contributed by atoms with E-state index in [1.165, 1.54) is 5.56 Å². The van der Waals surface area contributed by atoms with Crippen LogP contribution in [0.4, 0.5) is 0 Å². The highest BCUT2D eigenvalue weighted by atomic mass is 127. The van der Waals surface area contributed by atoms with Crippen LogP contribution in [0.1, 0.15) is 32.3 Å². The van der Waals surface area contributed by atoms with Crippen molar-refractivity contribution in [3.8, 4) is 0 Å². The minimum absolute atomic E-state index is 0. The second kappa shape index (κ2) is 12.5. The molecule has 0 atom stereocenters. The van der Waals surface area contributed by atoms with Crippen LogP contribution in [-0.2, 0) is 11.3 Å². The Kier molecular flexibility index (Phi) is 11.1. The molecule has 0 saturated carbocycles. The maximum absolute atomic E-state index is 5.64. The van der Waals surface area contributed by atoms with Crippen molar-refractivity contribution >= 4 is 29.9 Å². The minimum atomic E-state index is 0. The Morgan fingerprint density at radius 3 is 2.65 bits per heavy atom. The lowest BCUT2D eigenvalue weighted by atomic mass is 10.1. The second-order valence-electron chi connectivity index (χ2n) is 6.96. The maximum atomic E-state index is 5.64. The number of nitrogens with one attached hydrogen (secondary N) is 2. The van der Waals surface area contributed by atoms with E-state index in [0.717, 1.165) is 58.1 Å². The van der Waals surface area contributed by atoms with Gasteiger partial charge in [-0.1, -0.05) is 0 Å². The zero-order valence-corrected chi connectivity index (χ0v) is 18.9.